The van der Waals surface area contributed by atoms with Crippen molar-refractivity contribution < 1.29 is 28.6 Å². The Morgan fingerprint density at radius 3 is 2.70 bits per heavy atom. The van der Waals surface area contributed by atoms with Crippen LogP contribution in [0.3, 0.4) is 0 Å². The average Bonchev–Trinajstić information content (AvgIpc) is 2.91. The first-order chi connectivity index (χ1) is 14.0. The first-order valence-electron chi connectivity index (χ1n) is 10.7. The summed E-state index contributed by atoms with van der Waals surface area (Å²) in [6, 6.07) is 0. The van der Waals surface area contributed by atoms with E-state index >= 15 is 4.39 Å². The number of hydrogen-bond donors (Lipinski definition) is 1. The standard InChI is InChI=1S/C24H29FO5/c1-12-7-16-15-9-18(25)17-8-14(27)5-6-23(17,3)22(15)19(28)10-24(16,4)21(12)20(29)11-30-13(2)26/h5-6,8,12,16,18-19,21,28H,7,9-11H2,1-4H3/t12?,16-,18?,19?,21+,23-,24-/m0/s1. The minimum atomic E-state index is -1.29. The van der Waals surface area contributed by atoms with E-state index in [4.69, 9.17) is 4.74 Å². The van der Waals surface area contributed by atoms with Crippen LogP contribution in [0.25, 0.3) is 0 Å². The zero-order valence-corrected chi connectivity index (χ0v) is 17.9. The molecule has 0 radical (unpaired) electrons. The summed E-state index contributed by atoms with van der Waals surface area (Å²) in [5.74, 6) is -1.22. The average molecular weight is 416 g/mol. The van der Waals surface area contributed by atoms with Gasteiger partial charge in [-0.15, -0.1) is 0 Å². The number of esters is 1. The van der Waals surface area contributed by atoms with Gasteiger partial charge in [-0.2, -0.15) is 0 Å². The molecule has 1 N–H and O–H groups in total. The van der Waals surface area contributed by atoms with Crippen LogP contribution in [0.1, 0.15) is 47.0 Å². The number of aliphatic hydroxyl groups excluding tert-OH is 1. The molecule has 7 atom stereocenters. The van der Waals surface area contributed by atoms with E-state index in [-0.39, 0.29) is 42.3 Å². The van der Waals surface area contributed by atoms with Crippen molar-refractivity contribution in [1.29, 1.82) is 0 Å². The summed E-state index contributed by atoms with van der Waals surface area (Å²) in [4.78, 5) is 36.0. The van der Waals surface area contributed by atoms with Crippen LogP contribution >= 0.6 is 0 Å². The molecule has 4 aliphatic rings. The lowest BCUT2D eigenvalue weighted by Gasteiger charge is -2.52. The summed E-state index contributed by atoms with van der Waals surface area (Å²) in [5.41, 5.74) is 0.779. The van der Waals surface area contributed by atoms with Gasteiger partial charge in [-0.05, 0) is 60.3 Å². The highest BCUT2D eigenvalue weighted by molar-refractivity contribution is 6.01. The summed E-state index contributed by atoms with van der Waals surface area (Å²) in [5, 5.41) is 11.3. The van der Waals surface area contributed by atoms with Crippen LogP contribution in [0.15, 0.2) is 34.9 Å². The third kappa shape index (κ3) is 2.95. The molecule has 0 amide bonds. The molecule has 0 spiro atoms. The van der Waals surface area contributed by atoms with Crippen LogP contribution in [-0.2, 0) is 19.1 Å². The Morgan fingerprint density at radius 2 is 2.03 bits per heavy atom. The molecule has 1 saturated carbocycles. The molecule has 0 heterocycles. The third-order valence-electron chi connectivity index (χ3n) is 7.96. The number of aliphatic hydroxyl groups is 1. The highest BCUT2D eigenvalue weighted by Gasteiger charge is 2.61. The zero-order chi connectivity index (χ0) is 22.0. The SMILES string of the molecule is CC(=O)OCC(=O)[C@H]1C(C)C[C@H]2C3=C(C(O)C[C@@]21C)[C@@]1(C)C=CC(=O)C=C1C(F)C3. The maximum atomic E-state index is 15.3. The van der Waals surface area contributed by atoms with Gasteiger partial charge in [0.25, 0.3) is 0 Å². The van der Waals surface area contributed by atoms with Crippen molar-refractivity contribution in [2.24, 2.45) is 28.6 Å². The predicted molar refractivity (Wildman–Crippen MR) is 108 cm³/mol. The zero-order valence-electron chi connectivity index (χ0n) is 17.9. The third-order valence-corrected chi connectivity index (χ3v) is 7.96. The predicted octanol–water partition coefficient (Wildman–Crippen LogP) is 3.27. The molecule has 5 nitrogen and oxygen atoms in total. The maximum Gasteiger partial charge on any atom is 0.303 e. The maximum absolute atomic E-state index is 15.3. The van der Waals surface area contributed by atoms with Crippen molar-refractivity contribution in [1.82, 2.24) is 0 Å². The van der Waals surface area contributed by atoms with Gasteiger partial charge >= 0.3 is 5.97 Å². The Hall–Kier alpha value is -2.08. The van der Waals surface area contributed by atoms with Crippen molar-refractivity contribution in [2.45, 2.75) is 59.2 Å². The molecule has 4 rings (SSSR count). The number of ether oxygens (including phenoxy) is 1. The number of alkyl halides is 1. The molecule has 6 heteroatoms. The van der Waals surface area contributed by atoms with Gasteiger partial charge in [0.15, 0.2) is 11.6 Å². The number of hydrogen-bond acceptors (Lipinski definition) is 5. The van der Waals surface area contributed by atoms with Crippen molar-refractivity contribution in [3.63, 3.8) is 0 Å². The fourth-order valence-electron chi connectivity index (χ4n) is 6.91. The van der Waals surface area contributed by atoms with Crippen molar-refractivity contribution in [3.05, 3.63) is 34.9 Å². The first-order valence-corrected chi connectivity index (χ1v) is 10.7. The van der Waals surface area contributed by atoms with Gasteiger partial charge in [0.2, 0.25) is 0 Å². The normalized spacial score (nSPS) is 42.3. The highest BCUT2D eigenvalue weighted by Crippen LogP contribution is 2.65. The second-order valence-corrected chi connectivity index (χ2v) is 9.86. The van der Waals surface area contributed by atoms with Crippen LogP contribution in [0.5, 0.6) is 0 Å². The van der Waals surface area contributed by atoms with Crippen LogP contribution in [0.2, 0.25) is 0 Å². The van der Waals surface area contributed by atoms with Crippen LogP contribution in [-0.4, -0.2) is 41.5 Å². The summed E-state index contributed by atoms with van der Waals surface area (Å²) in [6.45, 7) is 6.89. The number of carbonyl (C=O) groups excluding carboxylic acids is 3. The number of carbonyl (C=O) groups is 3. The first kappa shape index (κ1) is 21.2. The second kappa shape index (κ2) is 6.98. The Morgan fingerprint density at radius 1 is 1.33 bits per heavy atom. The van der Waals surface area contributed by atoms with Crippen molar-refractivity contribution in [2.75, 3.05) is 6.61 Å². The molecule has 4 aliphatic carbocycles. The number of halogens is 1. The van der Waals surface area contributed by atoms with Gasteiger partial charge in [0.1, 0.15) is 12.8 Å². The Labute approximate surface area is 176 Å². The topological polar surface area (TPSA) is 80.7 Å². The monoisotopic (exact) mass is 416 g/mol. The molecule has 0 aliphatic heterocycles. The number of allylic oxidation sites excluding steroid dienone is 5. The van der Waals surface area contributed by atoms with Gasteiger partial charge in [0.05, 0.1) is 6.10 Å². The van der Waals surface area contributed by atoms with Crippen molar-refractivity contribution in [3.8, 4) is 0 Å². The van der Waals surface area contributed by atoms with E-state index < -0.39 is 29.1 Å². The Bertz CT molecular complexity index is 915. The molecular formula is C24H29FO5. The summed E-state index contributed by atoms with van der Waals surface area (Å²) < 4.78 is 20.3. The minimum Gasteiger partial charge on any atom is -0.458 e. The van der Waals surface area contributed by atoms with Gasteiger partial charge in [-0.25, -0.2) is 4.39 Å². The molecule has 0 aromatic rings. The number of Topliss-reactive ketones (excluding diaryl/α,β-unsaturated/α-hetero) is 1. The smallest absolute Gasteiger partial charge is 0.303 e. The molecule has 30 heavy (non-hydrogen) atoms. The molecule has 0 saturated heterocycles. The molecule has 0 bridgehead atoms. The van der Waals surface area contributed by atoms with Crippen LogP contribution < -0.4 is 0 Å². The Balaban J connectivity index is 1.76. The Kier molecular flexibility index (Phi) is 4.92. The summed E-state index contributed by atoms with van der Waals surface area (Å²) in [6.07, 6.45) is 3.69. The number of ketones is 2. The van der Waals surface area contributed by atoms with Crippen molar-refractivity contribution >= 4 is 17.5 Å². The van der Waals surface area contributed by atoms with Gasteiger partial charge < -0.3 is 9.84 Å². The molecule has 0 aromatic heterocycles. The van der Waals surface area contributed by atoms with Gasteiger partial charge in [0, 0.05) is 24.7 Å². The second-order valence-electron chi connectivity index (χ2n) is 9.86. The van der Waals surface area contributed by atoms with Gasteiger partial charge in [-0.3, -0.25) is 14.4 Å². The largest absolute Gasteiger partial charge is 0.458 e. The summed E-state index contributed by atoms with van der Waals surface area (Å²) >= 11 is 0. The van der Waals surface area contributed by atoms with E-state index in [0.29, 0.717) is 12.0 Å². The van der Waals surface area contributed by atoms with E-state index in [0.717, 1.165) is 17.6 Å². The fraction of sp³-hybridized carbons (Fsp3) is 0.625. The summed E-state index contributed by atoms with van der Waals surface area (Å²) in [7, 11) is 0. The van der Waals surface area contributed by atoms with E-state index in [1.165, 1.54) is 19.1 Å². The molecule has 162 valence electrons. The lowest BCUT2D eigenvalue weighted by atomic mass is 9.53. The van der Waals surface area contributed by atoms with Crippen LogP contribution in [0, 0.1) is 28.6 Å². The van der Waals surface area contributed by atoms with E-state index in [2.05, 4.69) is 0 Å². The lowest BCUT2D eigenvalue weighted by Crippen LogP contribution is -2.49. The minimum absolute atomic E-state index is 0.0279. The fourth-order valence-corrected chi connectivity index (χ4v) is 6.91. The molecule has 3 unspecified atom stereocenters. The number of fused-ring (bicyclic) bond motifs is 4. The number of rotatable bonds is 3. The molecular weight excluding hydrogens is 387 g/mol. The molecule has 1 fully saturated rings. The van der Waals surface area contributed by atoms with E-state index in [9.17, 15) is 19.5 Å². The quantitative estimate of drug-likeness (QED) is 0.564. The molecule has 0 aromatic carbocycles. The highest BCUT2D eigenvalue weighted by atomic mass is 19.1. The van der Waals surface area contributed by atoms with Gasteiger partial charge in [-0.1, -0.05) is 25.5 Å². The van der Waals surface area contributed by atoms with E-state index in [1.54, 1.807) is 6.08 Å². The van der Waals surface area contributed by atoms with E-state index in [1.807, 2.05) is 20.8 Å². The lowest BCUT2D eigenvalue weighted by molar-refractivity contribution is -0.149. The van der Waals surface area contributed by atoms with Crippen LogP contribution in [0.4, 0.5) is 4.39 Å².